The maximum atomic E-state index is 13.8. The fraction of sp³-hybridized carbons (Fsp3) is 0.312. The lowest BCUT2D eigenvalue weighted by atomic mass is 9.97. The molecule has 0 saturated carbocycles. The summed E-state index contributed by atoms with van der Waals surface area (Å²) in [6.07, 6.45) is 0.823. The summed E-state index contributed by atoms with van der Waals surface area (Å²) in [5, 5.41) is 4.31. The molecule has 5 nitrogen and oxygen atoms in total. The number of amides is 1. The van der Waals surface area contributed by atoms with E-state index in [1.807, 2.05) is 0 Å². The molecule has 1 aliphatic heterocycles. The van der Waals surface area contributed by atoms with Gasteiger partial charge in [0.2, 0.25) is 5.91 Å². The predicted octanol–water partition coefficient (Wildman–Crippen LogP) is 3.69. The minimum Gasteiger partial charge on any atom is -0.323 e. The molecular formula is C16H16BrFN2O3S2. The Bertz CT molecular complexity index is 864. The van der Waals surface area contributed by atoms with Crippen LogP contribution in [0.25, 0.3) is 0 Å². The molecular weight excluding hydrogens is 431 g/mol. The van der Waals surface area contributed by atoms with E-state index in [1.54, 1.807) is 23.6 Å². The van der Waals surface area contributed by atoms with Crippen LogP contribution in [0.2, 0.25) is 0 Å². The Morgan fingerprint density at radius 2 is 2.00 bits per heavy atom. The molecule has 2 aromatic rings. The number of thiophene rings is 1. The van der Waals surface area contributed by atoms with Crippen molar-refractivity contribution in [3.05, 3.63) is 46.0 Å². The molecule has 0 unspecified atom stereocenters. The van der Waals surface area contributed by atoms with Gasteiger partial charge in [-0.1, -0.05) is 22.0 Å². The van der Waals surface area contributed by atoms with E-state index < -0.39 is 15.8 Å². The Morgan fingerprint density at radius 3 is 2.60 bits per heavy atom. The van der Waals surface area contributed by atoms with Crippen molar-refractivity contribution in [2.75, 3.05) is 18.4 Å². The minimum atomic E-state index is -3.48. The molecule has 0 bridgehead atoms. The normalized spacial score (nSPS) is 16.7. The molecule has 0 atom stereocenters. The summed E-state index contributed by atoms with van der Waals surface area (Å²) in [5.74, 6) is -1.13. The molecule has 1 aromatic carbocycles. The summed E-state index contributed by atoms with van der Waals surface area (Å²) in [7, 11) is -3.48. The fourth-order valence-electron chi connectivity index (χ4n) is 2.72. The van der Waals surface area contributed by atoms with E-state index in [-0.39, 0.29) is 30.6 Å². The van der Waals surface area contributed by atoms with Gasteiger partial charge < -0.3 is 5.32 Å². The maximum Gasteiger partial charge on any atom is 0.252 e. The molecule has 1 fully saturated rings. The maximum absolute atomic E-state index is 13.8. The van der Waals surface area contributed by atoms with Gasteiger partial charge >= 0.3 is 0 Å². The zero-order valence-electron chi connectivity index (χ0n) is 13.1. The van der Waals surface area contributed by atoms with Crippen molar-refractivity contribution >= 4 is 48.9 Å². The van der Waals surface area contributed by atoms with Crippen LogP contribution in [0.15, 0.2) is 44.4 Å². The van der Waals surface area contributed by atoms with E-state index >= 15 is 0 Å². The Hall–Kier alpha value is -1.29. The smallest absolute Gasteiger partial charge is 0.252 e. The second-order valence-electron chi connectivity index (χ2n) is 5.72. The van der Waals surface area contributed by atoms with Crippen LogP contribution in [0.4, 0.5) is 10.1 Å². The van der Waals surface area contributed by atoms with Crippen molar-refractivity contribution < 1.29 is 17.6 Å². The van der Waals surface area contributed by atoms with Crippen LogP contribution in [-0.2, 0) is 14.8 Å². The summed E-state index contributed by atoms with van der Waals surface area (Å²) in [6.45, 7) is 0.558. The Labute approximate surface area is 158 Å². The van der Waals surface area contributed by atoms with Gasteiger partial charge in [-0.05, 0) is 42.5 Å². The summed E-state index contributed by atoms with van der Waals surface area (Å²) >= 11 is 4.35. The highest BCUT2D eigenvalue weighted by Crippen LogP contribution is 2.27. The molecule has 9 heteroatoms. The van der Waals surface area contributed by atoms with E-state index in [9.17, 15) is 17.6 Å². The van der Waals surface area contributed by atoms with Crippen molar-refractivity contribution in [3.63, 3.8) is 0 Å². The van der Waals surface area contributed by atoms with Gasteiger partial charge in [0.15, 0.2) is 0 Å². The van der Waals surface area contributed by atoms with Gasteiger partial charge in [-0.25, -0.2) is 12.8 Å². The summed E-state index contributed by atoms with van der Waals surface area (Å²) < 4.78 is 41.1. The average Bonchev–Trinajstić information content (AvgIpc) is 3.13. The summed E-state index contributed by atoms with van der Waals surface area (Å²) in [5.41, 5.74) is 0.127. The van der Waals surface area contributed by atoms with Crippen molar-refractivity contribution in [2.45, 2.75) is 17.1 Å². The number of carbonyl (C=O) groups is 1. The third-order valence-electron chi connectivity index (χ3n) is 4.10. The lowest BCUT2D eigenvalue weighted by molar-refractivity contribution is -0.120. The third-order valence-corrected chi connectivity index (χ3v) is 7.87. The molecule has 0 radical (unpaired) electrons. The Balaban J connectivity index is 1.61. The van der Waals surface area contributed by atoms with Crippen molar-refractivity contribution in [3.8, 4) is 0 Å². The zero-order valence-corrected chi connectivity index (χ0v) is 16.3. The standard InChI is InChI=1S/C16H16BrFN2O3S2/c17-12-3-4-14(13(18)10-12)19-16(21)11-5-7-20(8-6-11)25(22,23)15-2-1-9-24-15/h1-4,9-11H,5-8H2,(H,19,21). The molecule has 134 valence electrons. The van der Waals surface area contributed by atoms with Crippen molar-refractivity contribution in [2.24, 2.45) is 5.92 Å². The number of halogens is 2. The number of rotatable bonds is 4. The van der Waals surface area contributed by atoms with Crippen LogP contribution in [0, 0.1) is 11.7 Å². The first kappa shape index (κ1) is 18.5. The number of carbonyl (C=O) groups excluding carboxylic acids is 1. The second kappa shape index (κ2) is 7.53. The number of benzene rings is 1. The molecule has 0 aliphatic carbocycles. The van der Waals surface area contributed by atoms with Gasteiger partial charge in [0.05, 0.1) is 5.69 Å². The number of piperidine rings is 1. The molecule has 1 N–H and O–H groups in total. The topological polar surface area (TPSA) is 66.5 Å². The van der Waals surface area contributed by atoms with Crippen LogP contribution in [0.1, 0.15) is 12.8 Å². The van der Waals surface area contributed by atoms with Gasteiger partial charge in [0.1, 0.15) is 10.0 Å². The third kappa shape index (κ3) is 4.11. The highest BCUT2D eigenvalue weighted by atomic mass is 79.9. The monoisotopic (exact) mass is 446 g/mol. The summed E-state index contributed by atoms with van der Waals surface area (Å²) in [4.78, 5) is 12.3. The highest BCUT2D eigenvalue weighted by Gasteiger charge is 2.32. The zero-order chi connectivity index (χ0) is 18.0. The SMILES string of the molecule is O=C(Nc1ccc(Br)cc1F)C1CCN(S(=O)(=O)c2cccs2)CC1. The number of anilines is 1. The minimum absolute atomic E-state index is 0.127. The molecule has 1 aromatic heterocycles. The molecule has 1 aliphatic rings. The van der Waals surface area contributed by atoms with E-state index in [0.29, 0.717) is 21.5 Å². The van der Waals surface area contributed by atoms with E-state index in [2.05, 4.69) is 21.2 Å². The number of nitrogens with one attached hydrogen (secondary N) is 1. The van der Waals surface area contributed by atoms with Gasteiger partial charge in [-0.3, -0.25) is 4.79 Å². The molecule has 1 saturated heterocycles. The van der Waals surface area contributed by atoms with Gasteiger partial charge in [0, 0.05) is 23.5 Å². The van der Waals surface area contributed by atoms with Crippen LogP contribution in [-0.4, -0.2) is 31.7 Å². The molecule has 2 heterocycles. The number of nitrogens with zero attached hydrogens (tertiary/aromatic N) is 1. The molecule has 25 heavy (non-hydrogen) atoms. The molecule has 0 spiro atoms. The second-order valence-corrected chi connectivity index (χ2v) is 9.75. The molecule has 3 rings (SSSR count). The Kier molecular flexibility index (Phi) is 5.57. The lowest BCUT2D eigenvalue weighted by Crippen LogP contribution is -2.41. The van der Waals surface area contributed by atoms with Crippen molar-refractivity contribution in [1.82, 2.24) is 4.31 Å². The highest BCUT2D eigenvalue weighted by molar-refractivity contribution is 9.10. The largest absolute Gasteiger partial charge is 0.323 e. The lowest BCUT2D eigenvalue weighted by Gasteiger charge is -2.30. The van der Waals surface area contributed by atoms with E-state index in [0.717, 1.165) is 0 Å². The van der Waals surface area contributed by atoms with Crippen LogP contribution in [0.3, 0.4) is 0 Å². The van der Waals surface area contributed by atoms with Crippen LogP contribution >= 0.6 is 27.3 Å². The first-order valence-electron chi connectivity index (χ1n) is 7.67. The molecule has 1 amide bonds. The predicted molar refractivity (Wildman–Crippen MR) is 98.5 cm³/mol. The van der Waals surface area contributed by atoms with Crippen LogP contribution in [0.5, 0.6) is 0 Å². The first-order chi connectivity index (χ1) is 11.9. The van der Waals surface area contributed by atoms with Gasteiger partial charge in [-0.15, -0.1) is 11.3 Å². The summed E-state index contributed by atoms with van der Waals surface area (Å²) in [6, 6.07) is 7.70. The number of hydrogen-bond donors (Lipinski definition) is 1. The first-order valence-corrected chi connectivity index (χ1v) is 10.8. The number of hydrogen-bond acceptors (Lipinski definition) is 4. The van der Waals surface area contributed by atoms with Crippen LogP contribution < -0.4 is 5.32 Å². The average molecular weight is 447 g/mol. The van der Waals surface area contributed by atoms with Crippen molar-refractivity contribution in [1.29, 1.82) is 0 Å². The van der Waals surface area contributed by atoms with E-state index in [4.69, 9.17) is 0 Å². The van der Waals surface area contributed by atoms with Gasteiger partial charge in [-0.2, -0.15) is 4.31 Å². The number of sulfonamides is 1. The quantitative estimate of drug-likeness (QED) is 0.778. The van der Waals surface area contributed by atoms with Gasteiger partial charge in [0.25, 0.3) is 10.0 Å². The Morgan fingerprint density at radius 1 is 1.28 bits per heavy atom. The fourth-order valence-corrected chi connectivity index (χ4v) is 5.67. The van der Waals surface area contributed by atoms with E-state index in [1.165, 1.54) is 27.8 Å².